The molecule has 6 amide bonds. The molecule has 0 saturated heterocycles. The molecular weight excluding hydrogens is 904 g/mol. The summed E-state index contributed by atoms with van der Waals surface area (Å²) >= 11 is 3.43. The van der Waals surface area contributed by atoms with Gasteiger partial charge in [0.05, 0.1) is 0 Å². The topological polar surface area (TPSA) is 212 Å². The number of rotatable bonds is 23. The van der Waals surface area contributed by atoms with Crippen LogP contribution in [0.15, 0.2) is 144 Å². The van der Waals surface area contributed by atoms with E-state index in [4.69, 9.17) is 0 Å². The van der Waals surface area contributed by atoms with Crippen LogP contribution in [0.2, 0.25) is 0 Å². The summed E-state index contributed by atoms with van der Waals surface area (Å²) < 4.78 is 0.792. The van der Waals surface area contributed by atoms with Gasteiger partial charge in [0.15, 0.2) is 0 Å². The van der Waals surface area contributed by atoms with Gasteiger partial charge >= 0.3 is 5.97 Å². The summed E-state index contributed by atoms with van der Waals surface area (Å²) in [6.07, 6.45) is 0.249. The Labute approximate surface area is 392 Å². The minimum atomic E-state index is -1.27. The van der Waals surface area contributed by atoms with Crippen LogP contribution in [0, 0.1) is 6.92 Å². The number of aryl methyl sites for hydroxylation is 2. The molecule has 0 spiro atoms. The SMILES string of the molecule is Cc1ccc(NC(=O)CCC(=O)NC(CCc2ccccc2)C(=O)NC(Cc2ccc(Br)cc2)C(=O)NC(Cc2ccccc2)C(=O)NC(C)C(=O)NC(Cc2ccccc2)C(=O)O)cc1. The molecule has 0 saturated carbocycles. The van der Waals surface area contributed by atoms with Crippen molar-refractivity contribution in [2.45, 2.75) is 89.0 Å². The van der Waals surface area contributed by atoms with Crippen LogP contribution in [0.5, 0.6) is 0 Å². The lowest BCUT2D eigenvalue weighted by Crippen LogP contribution is -2.59. The van der Waals surface area contributed by atoms with Crippen molar-refractivity contribution in [2.75, 3.05) is 5.32 Å². The first-order valence-corrected chi connectivity index (χ1v) is 22.5. The van der Waals surface area contributed by atoms with Gasteiger partial charge in [0, 0.05) is 42.3 Å². The Kier molecular flexibility index (Phi) is 19.2. The molecule has 0 radical (unpaired) electrons. The molecule has 5 aromatic carbocycles. The van der Waals surface area contributed by atoms with Gasteiger partial charge in [-0.05, 0) is 73.2 Å². The molecule has 5 rings (SSSR count). The number of carbonyl (C=O) groups excluding carboxylic acids is 6. The van der Waals surface area contributed by atoms with Gasteiger partial charge in [0.25, 0.3) is 0 Å². The molecule has 0 aliphatic carbocycles. The van der Waals surface area contributed by atoms with Crippen LogP contribution in [0.4, 0.5) is 5.69 Å². The summed E-state index contributed by atoms with van der Waals surface area (Å²) in [5, 5.41) is 26.2. The van der Waals surface area contributed by atoms with Crippen molar-refractivity contribution in [1.82, 2.24) is 26.6 Å². The number of amides is 6. The average Bonchev–Trinajstić information content (AvgIpc) is 3.31. The van der Waals surface area contributed by atoms with E-state index in [9.17, 15) is 38.7 Å². The molecule has 0 bridgehead atoms. The number of hydrogen-bond donors (Lipinski definition) is 7. The maximum absolute atomic E-state index is 14.4. The highest BCUT2D eigenvalue weighted by Crippen LogP contribution is 2.15. The van der Waals surface area contributed by atoms with Crippen molar-refractivity contribution in [2.24, 2.45) is 0 Å². The minimum absolute atomic E-state index is 0.000136. The van der Waals surface area contributed by atoms with E-state index in [2.05, 4.69) is 47.8 Å². The first-order chi connectivity index (χ1) is 31.7. The third-order valence-corrected chi connectivity index (χ3v) is 11.2. The van der Waals surface area contributed by atoms with Crippen molar-refractivity contribution >= 4 is 63.0 Å². The van der Waals surface area contributed by atoms with Gasteiger partial charge < -0.3 is 37.0 Å². The standard InChI is InChI=1S/C51H55BrN6O8/c1-33-18-25-40(26-19-33)54-45(59)28-29-46(60)55-41(27-22-35-12-6-3-7-13-35)48(62)56-43(31-38-20-23-39(52)24-21-38)50(64)57-42(30-36-14-8-4-9-15-36)49(63)53-34(2)47(61)58-44(51(65)66)32-37-16-10-5-11-17-37/h3-21,23-26,34,41-44H,22,27-32H2,1-2H3,(H,53,63)(H,54,59)(H,55,60)(H,56,62)(H,57,64)(H,58,61)(H,65,66). The maximum Gasteiger partial charge on any atom is 0.326 e. The third kappa shape index (κ3) is 16.8. The van der Waals surface area contributed by atoms with Crippen LogP contribution >= 0.6 is 15.9 Å². The molecule has 0 aromatic heterocycles. The highest BCUT2D eigenvalue weighted by Gasteiger charge is 2.32. The number of carboxylic acid groups (broad SMARTS) is 1. The molecule has 66 heavy (non-hydrogen) atoms. The molecule has 5 atom stereocenters. The van der Waals surface area contributed by atoms with Crippen molar-refractivity contribution in [3.05, 3.63) is 172 Å². The lowest BCUT2D eigenvalue weighted by atomic mass is 10.0. The summed E-state index contributed by atoms with van der Waals surface area (Å²) in [6, 6.07) is 35.4. The van der Waals surface area contributed by atoms with E-state index < -0.39 is 65.7 Å². The Bertz CT molecular complexity index is 2400. The predicted octanol–water partition coefficient (Wildman–Crippen LogP) is 5.37. The van der Waals surface area contributed by atoms with E-state index in [1.54, 1.807) is 97.1 Å². The summed E-state index contributed by atoms with van der Waals surface area (Å²) in [7, 11) is 0. The molecule has 344 valence electrons. The van der Waals surface area contributed by atoms with Gasteiger partial charge in [0.2, 0.25) is 35.4 Å². The fourth-order valence-electron chi connectivity index (χ4n) is 6.97. The first-order valence-electron chi connectivity index (χ1n) is 21.7. The van der Waals surface area contributed by atoms with Crippen molar-refractivity contribution in [3.8, 4) is 0 Å². The molecule has 15 heteroatoms. The van der Waals surface area contributed by atoms with E-state index in [1.807, 2.05) is 49.4 Å². The molecule has 0 aliphatic heterocycles. The van der Waals surface area contributed by atoms with Crippen molar-refractivity contribution in [1.29, 1.82) is 0 Å². The second-order valence-electron chi connectivity index (χ2n) is 16.0. The van der Waals surface area contributed by atoms with Gasteiger partial charge in [-0.3, -0.25) is 28.8 Å². The number of aliphatic carboxylic acids is 1. The van der Waals surface area contributed by atoms with Gasteiger partial charge in [0.1, 0.15) is 30.2 Å². The molecular formula is C51H55BrN6O8. The molecule has 14 nitrogen and oxygen atoms in total. The van der Waals surface area contributed by atoms with E-state index in [0.29, 0.717) is 28.8 Å². The van der Waals surface area contributed by atoms with E-state index in [0.717, 1.165) is 15.6 Å². The van der Waals surface area contributed by atoms with Crippen molar-refractivity contribution in [3.63, 3.8) is 0 Å². The molecule has 0 heterocycles. The van der Waals surface area contributed by atoms with E-state index >= 15 is 0 Å². The van der Waals surface area contributed by atoms with E-state index in [1.165, 1.54) is 6.92 Å². The number of halogens is 1. The fourth-order valence-corrected chi connectivity index (χ4v) is 7.24. The first kappa shape index (κ1) is 49.9. The lowest BCUT2D eigenvalue weighted by molar-refractivity contribution is -0.142. The minimum Gasteiger partial charge on any atom is -0.480 e. The van der Waals surface area contributed by atoms with Gasteiger partial charge in [-0.15, -0.1) is 0 Å². The summed E-state index contributed by atoms with van der Waals surface area (Å²) in [5.41, 5.74) is 4.60. The lowest BCUT2D eigenvalue weighted by Gasteiger charge is -2.26. The van der Waals surface area contributed by atoms with Gasteiger partial charge in [-0.1, -0.05) is 137 Å². The molecule has 0 fully saturated rings. The van der Waals surface area contributed by atoms with Crippen LogP contribution in [0.25, 0.3) is 0 Å². The second kappa shape index (κ2) is 25.4. The Morgan fingerprint density at radius 1 is 0.485 bits per heavy atom. The number of nitrogens with one attached hydrogen (secondary N) is 6. The highest BCUT2D eigenvalue weighted by molar-refractivity contribution is 9.10. The number of carbonyl (C=O) groups is 7. The third-order valence-electron chi connectivity index (χ3n) is 10.7. The van der Waals surface area contributed by atoms with Gasteiger partial charge in [-0.2, -0.15) is 0 Å². The van der Waals surface area contributed by atoms with Crippen LogP contribution in [-0.4, -0.2) is 76.7 Å². The number of benzene rings is 5. The summed E-state index contributed by atoms with van der Waals surface area (Å²) in [5.74, 6) is -4.99. The highest BCUT2D eigenvalue weighted by atomic mass is 79.9. The quantitative estimate of drug-likeness (QED) is 0.0452. The average molecular weight is 960 g/mol. The zero-order valence-corrected chi connectivity index (χ0v) is 38.4. The number of carboxylic acids is 1. The van der Waals surface area contributed by atoms with Crippen molar-refractivity contribution < 1.29 is 38.7 Å². The largest absolute Gasteiger partial charge is 0.480 e. The normalized spacial score (nSPS) is 13.1. The number of hydrogen-bond acceptors (Lipinski definition) is 7. The fraction of sp³-hybridized carbons (Fsp3) is 0.275. The Hall–Kier alpha value is -7.13. The van der Waals surface area contributed by atoms with Crippen LogP contribution in [0.3, 0.4) is 0 Å². The monoisotopic (exact) mass is 958 g/mol. The molecule has 7 N–H and O–H groups in total. The maximum atomic E-state index is 14.4. The van der Waals surface area contributed by atoms with Crippen LogP contribution in [-0.2, 0) is 59.2 Å². The van der Waals surface area contributed by atoms with E-state index in [-0.39, 0.29) is 44.4 Å². The zero-order valence-electron chi connectivity index (χ0n) is 36.8. The predicted molar refractivity (Wildman–Crippen MR) is 255 cm³/mol. The second-order valence-corrected chi connectivity index (χ2v) is 16.9. The Morgan fingerprint density at radius 2 is 0.924 bits per heavy atom. The number of anilines is 1. The molecule has 5 unspecified atom stereocenters. The Balaban J connectivity index is 1.33. The van der Waals surface area contributed by atoms with Crippen LogP contribution < -0.4 is 31.9 Å². The smallest absolute Gasteiger partial charge is 0.326 e. The van der Waals surface area contributed by atoms with Crippen LogP contribution in [0.1, 0.15) is 54.0 Å². The summed E-state index contributed by atoms with van der Waals surface area (Å²) in [6.45, 7) is 3.34. The summed E-state index contributed by atoms with van der Waals surface area (Å²) in [4.78, 5) is 94.3. The Morgan fingerprint density at radius 3 is 1.45 bits per heavy atom. The van der Waals surface area contributed by atoms with Gasteiger partial charge in [-0.25, -0.2) is 4.79 Å². The zero-order chi connectivity index (χ0) is 47.4. The molecule has 5 aromatic rings. The molecule has 0 aliphatic rings.